The Morgan fingerprint density at radius 3 is 2.73 bits per heavy atom. The molecule has 0 N–H and O–H groups in total. The van der Waals surface area contributed by atoms with Crippen LogP contribution in [-0.2, 0) is 22.1 Å². The van der Waals surface area contributed by atoms with Gasteiger partial charge in [-0.15, -0.1) is 0 Å². The van der Waals surface area contributed by atoms with E-state index in [9.17, 15) is 4.57 Å². The molecular weight excluding hydrogens is 363 g/mol. The number of rotatable bonds is 8. The summed E-state index contributed by atoms with van der Waals surface area (Å²) in [4.78, 5) is 2.07. The lowest BCUT2D eigenvalue weighted by Crippen LogP contribution is -2.37. The van der Waals surface area contributed by atoms with Gasteiger partial charge in [-0.25, -0.2) is 0 Å². The van der Waals surface area contributed by atoms with Crippen LogP contribution in [0.25, 0.3) is 10.2 Å². The summed E-state index contributed by atoms with van der Waals surface area (Å²) in [6.07, 6.45) is 11.2. The summed E-state index contributed by atoms with van der Waals surface area (Å²) < 4.78 is 21.5. The van der Waals surface area contributed by atoms with Crippen molar-refractivity contribution in [2.24, 2.45) is 5.92 Å². The minimum Gasteiger partial charge on any atom is -0.358 e. The molecule has 4 nitrogen and oxygen atoms in total. The number of nitrogens with zero attached hydrogens (tertiary/aromatic N) is 2. The molecule has 0 spiro atoms. The SMILES string of the molecule is CCOP(C)(=O)CCC[n+]1c(CC2C=CN(C)C=C2)sc2ccccc21. The number of fused-ring (bicyclic) bond motifs is 1. The van der Waals surface area contributed by atoms with Crippen LogP contribution in [0.2, 0.25) is 0 Å². The van der Waals surface area contributed by atoms with E-state index in [-0.39, 0.29) is 0 Å². The Morgan fingerprint density at radius 1 is 1.27 bits per heavy atom. The maximum absolute atomic E-state index is 12.4. The van der Waals surface area contributed by atoms with Crippen molar-refractivity contribution in [1.29, 1.82) is 0 Å². The zero-order chi connectivity index (χ0) is 18.6. The lowest BCUT2D eigenvalue weighted by molar-refractivity contribution is -0.674. The highest BCUT2D eigenvalue weighted by molar-refractivity contribution is 7.58. The molecule has 0 radical (unpaired) electrons. The number of hydrogen-bond donors (Lipinski definition) is 0. The van der Waals surface area contributed by atoms with Gasteiger partial charge in [-0.2, -0.15) is 4.57 Å². The highest BCUT2D eigenvalue weighted by Crippen LogP contribution is 2.42. The summed E-state index contributed by atoms with van der Waals surface area (Å²) in [6, 6.07) is 8.56. The fourth-order valence-electron chi connectivity index (χ4n) is 3.28. The molecule has 26 heavy (non-hydrogen) atoms. The zero-order valence-electron chi connectivity index (χ0n) is 15.8. The second kappa shape index (κ2) is 8.51. The Kier molecular flexibility index (Phi) is 6.33. The monoisotopic (exact) mass is 391 g/mol. The highest BCUT2D eigenvalue weighted by atomic mass is 32.1. The molecule has 140 valence electrons. The van der Waals surface area contributed by atoms with E-state index in [1.165, 1.54) is 15.2 Å². The fourth-order valence-corrected chi connectivity index (χ4v) is 5.93. The van der Waals surface area contributed by atoms with Crippen molar-refractivity contribution in [3.05, 3.63) is 53.8 Å². The molecule has 2 heterocycles. The third-order valence-electron chi connectivity index (χ3n) is 4.58. The third-order valence-corrected chi connectivity index (χ3v) is 7.70. The van der Waals surface area contributed by atoms with Gasteiger partial charge < -0.3 is 9.42 Å². The minimum atomic E-state index is -2.47. The molecule has 1 aliphatic rings. The van der Waals surface area contributed by atoms with Crippen LogP contribution in [0, 0.1) is 5.92 Å². The summed E-state index contributed by atoms with van der Waals surface area (Å²) in [6.45, 7) is 5.05. The first-order valence-corrected chi connectivity index (χ1v) is 12.3. The van der Waals surface area contributed by atoms with Gasteiger partial charge in [0.25, 0.3) is 0 Å². The molecule has 0 bridgehead atoms. The summed E-state index contributed by atoms with van der Waals surface area (Å²) in [5.74, 6) is 0.422. The van der Waals surface area contributed by atoms with E-state index >= 15 is 0 Å². The van der Waals surface area contributed by atoms with E-state index in [0.717, 1.165) is 19.4 Å². The molecule has 0 aliphatic carbocycles. The van der Waals surface area contributed by atoms with Crippen molar-refractivity contribution in [3.63, 3.8) is 0 Å². The van der Waals surface area contributed by atoms with Crippen molar-refractivity contribution < 1.29 is 13.7 Å². The van der Waals surface area contributed by atoms with Gasteiger partial charge in [-0.1, -0.05) is 35.6 Å². The first kappa shape index (κ1) is 19.3. The average Bonchev–Trinajstić information content (AvgIpc) is 2.94. The smallest absolute Gasteiger partial charge is 0.239 e. The number of benzene rings is 1. The summed E-state index contributed by atoms with van der Waals surface area (Å²) >= 11 is 1.87. The van der Waals surface area contributed by atoms with Gasteiger partial charge in [-0.3, -0.25) is 4.57 Å². The summed E-state index contributed by atoms with van der Waals surface area (Å²) in [5, 5.41) is 1.37. The lowest BCUT2D eigenvalue weighted by atomic mass is 10.0. The largest absolute Gasteiger partial charge is 0.358 e. The van der Waals surface area contributed by atoms with E-state index in [2.05, 4.69) is 58.3 Å². The second-order valence-corrected chi connectivity index (χ2v) is 10.7. The maximum atomic E-state index is 12.4. The lowest BCUT2D eigenvalue weighted by Gasteiger charge is -2.16. The van der Waals surface area contributed by atoms with Crippen molar-refractivity contribution in [3.8, 4) is 0 Å². The number of thiazole rings is 1. The molecule has 0 fully saturated rings. The molecule has 1 aromatic heterocycles. The fraction of sp³-hybridized carbons (Fsp3) is 0.450. The molecule has 2 aromatic rings. The molecule has 0 saturated carbocycles. The van der Waals surface area contributed by atoms with Gasteiger partial charge >= 0.3 is 0 Å². The van der Waals surface area contributed by atoms with Crippen molar-refractivity contribution in [2.45, 2.75) is 26.3 Å². The first-order chi connectivity index (χ1) is 12.5. The molecule has 1 aromatic carbocycles. The molecule has 3 rings (SSSR count). The van der Waals surface area contributed by atoms with Crippen molar-refractivity contribution in [2.75, 3.05) is 26.5 Å². The minimum absolute atomic E-state index is 0.422. The van der Waals surface area contributed by atoms with E-state index in [4.69, 9.17) is 4.52 Å². The van der Waals surface area contributed by atoms with Gasteiger partial charge in [0.05, 0.1) is 13.0 Å². The van der Waals surface area contributed by atoms with Gasteiger partial charge in [-0.05, 0) is 25.4 Å². The Balaban J connectivity index is 1.77. The van der Waals surface area contributed by atoms with Crippen LogP contribution in [-0.4, -0.2) is 31.4 Å². The first-order valence-electron chi connectivity index (χ1n) is 9.18. The van der Waals surface area contributed by atoms with Crippen LogP contribution in [0.15, 0.2) is 48.8 Å². The normalized spacial score (nSPS) is 17.1. The average molecular weight is 391 g/mol. The van der Waals surface area contributed by atoms with Crippen LogP contribution in [0.4, 0.5) is 0 Å². The predicted molar refractivity (Wildman–Crippen MR) is 110 cm³/mol. The van der Waals surface area contributed by atoms with Crippen molar-refractivity contribution >= 4 is 28.9 Å². The quantitative estimate of drug-likeness (QED) is 0.485. The molecule has 1 unspecified atom stereocenters. The zero-order valence-corrected chi connectivity index (χ0v) is 17.5. The Bertz CT molecular complexity index is 845. The van der Waals surface area contributed by atoms with Gasteiger partial charge in [0.1, 0.15) is 4.70 Å². The topological polar surface area (TPSA) is 33.4 Å². The van der Waals surface area contributed by atoms with E-state index in [1.54, 1.807) is 6.66 Å². The molecule has 6 heteroatoms. The van der Waals surface area contributed by atoms with Gasteiger partial charge in [0, 0.05) is 38.3 Å². The molecule has 0 amide bonds. The van der Waals surface area contributed by atoms with Crippen LogP contribution < -0.4 is 4.57 Å². The van der Waals surface area contributed by atoms with Crippen LogP contribution in [0.1, 0.15) is 18.4 Å². The molecule has 0 saturated heterocycles. The van der Waals surface area contributed by atoms with E-state index < -0.39 is 7.37 Å². The number of allylic oxidation sites excluding steroid dienone is 2. The Hall–Kier alpha value is -1.42. The second-order valence-electron chi connectivity index (χ2n) is 6.84. The number of aryl methyl sites for hydroxylation is 1. The van der Waals surface area contributed by atoms with E-state index in [1.807, 2.05) is 25.3 Å². The number of hydrogen-bond acceptors (Lipinski definition) is 4. The molecule has 1 atom stereocenters. The van der Waals surface area contributed by atoms with Crippen LogP contribution in [0.5, 0.6) is 0 Å². The summed E-state index contributed by atoms with van der Waals surface area (Å²) in [5.41, 5.74) is 1.27. The van der Waals surface area contributed by atoms with Crippen LogP contribution >= 0.6 is 18.7 Å². The number of para-hydroxylation sites is 1. The summed E-state index contributed by atoms with van der Waals surface area (Å²) in [7, 11) is -0.420. The highest BCUT2D eigenvalue weighted by Gasteiger charge is 2.24. The van der Waals surface area contributed by atoms with Gasteiger partial charge in [0.15, 0.2) is 13.9 Å². The Labute approximate surface area is 160 Å². The molecular formula is C20H28N2O2PS+. The molecule has 1 aliphatic heterocycles. The van der Waals surface area contributed by atoms with Gasteiger partial charge in [0.2, 0.25) is 10.5 Å². The van der Waals surface area contributed by atoms with Crippen molar-refractivity contribution in [1.82, 2.24) is 4.90 Å². The maximum Gasteiger partial charge on any atom is 0.239 e. The predicted octanol–water partition coefficient (Wildman–Crippen LogP) is 4.65. The van der Waals surface area contributed by atoms with Crippen LogP contribution in [0.3, 0.4) is 0 Å². The standard InChI is InChI=1S/C20H28N2O2PS/c1-4-24-25(3,23)15-7-12-22-18-8-5-6-9-19(18)26-20(22)16-17-10-13-21(2)14-11-17/h5-6,8-11,13-14,17H,4,7,12,15-16H2,1-3H3/q+1. The Morgan fingerprint density at radius 2 is 2.00 bits per heavy atom. The van der Waals surface area contributed by atoms with E-state index in [0.29, 0.717) is 18.7 Å². The third kappa shape index (κ3) is 4.85. The number of aromatic nitrogens is 1.